The predicted molar refractivity (Wildman–Crippen MR) is 78.7 cm³/mol. The zero-order valence-electron chi connectivity index (χ0n) is 10.9. The number of fused-ring (bicyclic) bond motifs is 1. The predicted octanol–water partition coefficient (Wildman–Crippen LogP) is 3.01. The lowest BCUT2D eigenvalue weighted by Gasteiger charge is -2.06. The number of methoxy groups -OCH3 is 1. The monoisotopic (exact) mass is 264 g/mol. The maximum atomic E-state index is 11.1. The van der Waals surface area contributed by atoms with E-state index in [4.69, 9.17) is 4.74 Å². The Labute approximate surface area is 116 Å². The Morgan fingerprint density at radius 3 is 2.70 bits per heavy atom. The number of carbonyl (C=O) groups is 1. The molecule has 98 valence electrons. The van der Waals surface area contributed by atoms with Crippen molar-refractivity contribution in [2.75, 3.05) is 7.11 Å². The molecular weight excluding hydrogens is 252 g/mol. The summed E-state index contributed by atoms with van der Waals surface area (Å²) in [5, 5.41) is 0.964. The van der Waals surface area contributed by atoms with Gasteiger partial charge in [0.2, 0.25) is 0 Å². The lowest BCUT2D eigenvalue weighted by Crippen LogP contribution is -1.98. The smallest absolute Gasteiger partial charge is 0.178 e. The van der Waals surface area contributed by atoms with Crippen molar-refractivity contribution >= 4 is 28.1 Å². The summed E-state index contributed by atoms with van der Waals surface area (Å²) in [6.07, 6.45) is 8.10. The Hall–Kier alpha value is -2.75. The first kappa shape index (κ1) is 12.3. The SMILES string of the molecule is COc1cc(N=C2C=CC(=O)C=C2)c2ncccc2c1. The molecule has 0 amide bonds. The summed E-state index contributed by atoms with van der Waals surface area (Å²) in [5.41, 5.74) is 2.24. The van der Waals surface area contributed by atoms with Gasteiger partial charge in [-0.15, -0.1) is 0 Å². The van der Waals surface area contributed by atoms with Gasteiger partial charge in [-0.2, -0.15) is 0 Å². The molecule has 1 aliphatic carbocycles. The van der Waals surface area contributed by atoms with Crippen LogP contribution in [0, 0.1) is 0 Å². The highest BCUT2D eigenvalue weighted by Crippen LogP contribution is 2.30. The van der Waals surface area contributed by atoms with Crippen LogP contribution in [-0.2, 0) is 4.79 Å². The van der Waals surface area contributed by atoms with Crippen molar-refractivity contribution in [2.24, 2.45) is 4.99 Å². The maximum Gasteiger partial charge on any atom is 0.178 e. The molecule has 0 saturated carbocycles. The second kappa shape index (κ2) is 5.09. The fourth-order valence-corrected chi connectivity index (χ4v) is 2.01. The van der Waals surface area contributed by atoms with Crippen LogP contribution in [0.1, 0.15) is 0 Å². The molecule has 0 fully saturated rings. The second-order valence-corrected chi connectivity index (χ2v) is 4.33. The topological polar surface area (TPSA) is 51.5 Å². The molecule has 0 radical (unpaired) electrons. The third kappa shape index (κ3) is 2.36. The number of benzene rings is 1. The average molecular weight is 264 g/mol. The van der Waals surface area contributed by atoms with Crippen LogP contribution in [0.5, 0.6) is 5.75 Å². The maximum absolute atomic E-state index is 11.1. The molecule has 0 bridgehead atoms. The minimum atomic E-state index is -0.0300. The van der Waals surface area contributed by atoms with Crippen molar-refractivity contribution in [1.29, 1.82) is 0 Å². The minimum Gasteiger partial charge on any atom is -0.497 e. The van der Waals surface area contributed by atoms with Crippen molar-refractivity contribution in [3.8, 4) is 5.75 Å². The number of aliphatic imine (C=N–C) groups is 1. The van der Waals surface area contributed by atoms with E-state index in [1.807, 2.05) is 24.3 Å². The summed E-state index contributed by atoms with van der Waals surface area (Å²) >= 11 is 0. The van der Waals surface area contributed by atoms with E-state index >= 15 is 0 Å². The molecule has 4 heteroatoms. The summed E-state index contributed by atoms with van der Waals surface area (Å²) in [4.78, 5) is 20.0. The van der Waals surface area contributed by atoms with E-state index in [0.717, 1.165) is 22.3 Å². The van der Waals surface area contributed by atoms with Crippen molar-refractivity contribution in [1.82, 2.24) is 4.98 Å². The Balaban J connectivity index is 2.15. The molecule has 2 aromatic rings. The van der Waals surface area contributed by atoms with Crippen molar-refractivity contribution in [3.63, 3.8) is 0 Å². The van der Waals surface area contributed by atoms with E-state index in [1.54, 1.807) is 25.5 Å². The second-order valence-electron chi connectivity index (χ2n) is 4.33. The summed E-state index contributed by atoms with van der Waals surface area (Å²) < 4.78 is 5.28. The Kier molecular flexibility index (Phi) is 3.13. The van der Waals surface area contributed by atoms with Gasteiger partial charge in [0, 0.05) is 17.6 Å². The zero-order valence-corrected chi connectivity index (χ0v) is 10.9. The molecule has 0 unspecified atom stereocenters. The quantitative estimate of drug-likeness (QED) is 0.783. The van der Waals surface area contributed by atoms with E-state index in [2.05, 4.69) is 9.98 Å². The molecule has 1 aliphatic rings. The standard InChI is InChI=1S/C16H12N2O2/c1-20-14-9-11-3-2-8-17-16(11)15(10-14)18-12-4-6-13(19)7-5-12/h2-10H,1H3. The molecule has 1 aromatic carbocycles. The van der Waals surface area contributed by atoms with Gasteiger partial charge < -0.3 is 4.74 Å². The van der Waals surface area contributed by atoms with E-state index < -0.39 is 0 Å². The van der Waals surface area contributed by atoms with Crippen LogP contribution in [0.3, 0.4) is 0 Å². The number of pyridine rings is 1. The highest BCUT2D eigenvalue weighted by atomic mass is 16.5. The molecule has 1 aromatic heterocycles. The largest absolute Gasteiger partial charge is 0.497 e. The molecule has 0 spiro atoms. The molecule has 3 rings (SSSR count). The van der Waals surface area contributed by atoms with Gasteiger partial charge in [-0.3, -0.25) is 9.78 Å². The van der Waals surface area contributed by atoms with E-state index in [0.29, 0.717) is 5.71 Å². The Morgan fingerprint density at radius 1 is 1.15 bits per heavy atom. The van der Waals surface area contributed by atoms with Crippen LogP contribution < -0.4 is 4.74 Å². The molecule has 4 nitrogen and oxygen atoms in total. The molecule has 1 heterocycles. The summed E-state index contributed by atoms with van der Waals surface area (Å²) in [5.74, 6) is 0.697. The molecule has 0 N–H and O–H groups in total. The van der Waals surface area contributed by atoms with Crippen molar-refractivity contribution in [3.05, 3.63) is 54.8 Å². The number of carbonyl (C=O) groups excluding carboxylic acids is 1. The number of hydrogen-bond donors (Lipinski definition) is 0. The van der Waals surface area contributed by atoms with Gasteiger partial charge in [0.25, 0.3) is 0 Å². The van der Waals surface area contributed by atoms with Crippen LogP contribution in [0.4, 0.5) is 5.69 Å². The first-order valence-corrected chi connectivity index (χ1v) is 6.18. The third-order valence-electron chi connectivity index (χ3n) is 2.98. The molecule has 0 aliphatic heterocycles. The average Bonchev–Trinajstić information content (AvgIpc) is 2.49. The molecule has 0 atom stereocenters. The summed E-state index contributed by atoms with van der Waals surface area (Å²) in [6.45, 7) is 0. The highest BCUT2D eigenvalue weighted by molar-refractivity contribution is 6.17. The first-order chi connectivity index (χ1) is 9.76. The number of ether oxygens (including phenoxy) is 1. The van der Waals surface area contributed by atoms with Gasteiger partial charge in [-0.05, 0) is 36.4 Å². The van der Waals surface area contributed by atoms with Gasteiger partial charge in [0.15, 0.2) is 5.78 Å². The number of aromatic nitrogens is 1. The Morgan fingerprint density at radius 2 is 1.95 bits per heavy atom. The van der Waals surface area contributed by atoms with E-state index in [9.17, 15) is 4.79 Å². The van der Waals surface area contributed by atoms with Crippen molar-refractivity contribution in [2.45, 2.75) is 0 Å². The van der Waals surface area contributed by atoms with Gasteiger partial charge in [-0.25, -0.2) is 4.99 Å². The lowest BCUT2D eigenvalue weighted by molar-refractivity contribution is -0.110. The normalized spacial score (nSPS) is 13.8. The summed E-state index contributed by atoms with van der Waals surface area (Å²) in [6, 6.07) is 7.59. The number of allylic oxidation sites excluding steroid dienone is 4. The fourth-order valence-electron chi connectivity index (χ4n) is 2.01. The molecule has 0 saturated heterocycles. The minimum absolute atomic E-state index is 0.0300. The van der Waals surface area contributed by atoms with Crippen LogP contribution in [-0.4, -0.2) is 23.6 Å². The molecular formula is C16H12N2O2. The summed E-state index contributed by atoms with van der Waals surface area (Å²) in [7, 11) is 1.62. The number of hydrogen-bond acceptors (Lipinski definition) is 4. The fraction of sp³-hybridized carbons (Fsp3) is 0.0625. The van der Waals surface area contributed by atoms with Crippen LogP contribution in [0.2, 0.25) is 0 Å². The number of rotatable bonds is 2. The van der Waals surface area contributed by atoms with Gasteiger partial charge in [-0.1, -0.05) is 6.07 Å². The third-order valence-corrected chi connectivity index (χ3v) is 2.98. The lowest BCUT2D eigenvalue weighted by atomic mass is 10.1. The highest BCUT2D eigenvalue weighted by Gasteiger charge is 2.06. The first-order valence-electron chi connectivity index (χ1n) is 6.18. The van der Waals surface area contributed by atoms with Crippen LogP contribution in [0.15, 0.2) is 59.8 Å². The number of ketones is 1. The van der Waals surface area contributed by atoms with Gasteiger partial charge in [0.1, 0.15) is 5.75 Å². The van der Waals surface area contributed by atoms with Gasteiger partial charge >= 0.3 is 0 Å². The van der Waals surface area contributed by atoms with Crippen LogP contribution >= 0.6 is 0 Å². The molecule has 20 heavy (non-hydrogen) atoms. The Bertz CT molecular complexity index is 755. The van der Waals surface area contributed by atoms with Crippen molar-refractivity contribution < 1.29 is 9.53 Å². The zero-order chi connectivity index (χ0) is 13.9. The van der Waals surface area contributed by atoms with Crippen LogP contribution in [0.25, 0.3) is 10.9 Å². The van der Waals surface area contributed by atoms with E-state index in [1.165, 1.54) is 12.2 Å². The van der Waals surface area contributed by atoms with E-state index in [-0.39, 0.29) is 5.78 Å². The number of nitrogens with zero attached hydrogens (tertiary/aromatic N) is 2. The van der Waals surface area contributed by atoms with Gasteiger partial charge in [0.05, 0.1) is 24.0 Å².